The van der Waals surface area contributed by atoms with Crippen molar-refractivity contribution in [1.29, 1.82) is 0 Å². The van der Waals surface area contributed by atoms with Gasteiger partial charge in [-0.25, -0.2) is 4.98 Å². The molecule has 2 aromatic heterocycles. The summed E-state index contributed by atoms with van der Waals surface area (Å²) >= 11 is 1.47. The summed E-state index contributed by atoms with van der Waals surface area (Å²) in [5.41, 5.74) is 1.75. The number of piperidine rings is 1. The molecule has 5 nitrogen and oxygen atoms in total. The van der Waals surface area contributed by atoms with Gasteiger partial charge in [-0.2, -0.15) is 0 Å². The Bertz CT molecular complexity index is 1190. The lowest BCUT2D eigenvalue weighted by Crippen LogP contribution is -2.42. The van der Waals surface area contributed by atoms with E-state index >= 15 is 0 Å². The molecule has 0 bridgehead atoms. The Kier molecular flexibility index (Phi) is 6.63. The van der Waals surface area contributed by atoms with Crippen molar-refractivity contribution in [3.8, 4) is 10.4 Å². The Labute approximate surface area is 194 Å². The number of benzene rings is 1. The third kappa shape index (κ3) is 4.57. The molecule has 0 amide bonds. The summed E-state index contributed by atoms with van der Waals surface area (Å²) in [5.74, 6) is 1.56. The fraction of sp³-hybridized carbons (Fsp3) is 0.500. The first kappa shape index (κ1) is 22.9. The van der Waals surface area contributed by atoms with Crippen LogP contribution in [0.15, 0.2) is 35.1 Å². The van der Waals surface area contributed by atoms with Crippen LogP contribution in [0.25, 0.3) is 21.3 Å². The van der Waals surface area contributed by atoms with Crippen molar-refractivity contribution in [2.24, 2.45) is 5.92 Å². The van der Waals surface area contributed by atoms with Crippen molar-refractivity contribution < 1.29 is 4.79 Å². The minimum absolute atomic E-state index is 0.0468. The third-order valence-electron chi connectivity index (χ3n) is 6.46. The highest BCUT2D eigenvalue weighted by Gasteiger charge is 2.24. The van der Waals surface area contributed by atoms with Gasteiger partial charge in [0.1, 0.15) is 5.82 Å². The molecule has 0 radical (unpaired) electrons. The molecular formula is C26H33N3O2S. The average Bonchev–Trinajstić information content (AvgIpc) is 3.26. The van der Waals surface area contributed by atoms with Crippen LogP contribution in [-0.2, 0) is 6.54 Å². The number of nitrogens with zero attached hydrogens (tertiary/aromatic N) is 3. The molecule has 1 aromatic carbocycles. The van der Waals surface area contributed by atoms with E-state index in [0.717, 1.165) is 52.7 Å². The lowest BCUT2D eigenvalue weighted by atomic mass is 9.96. The van der Waals surface area contributed by atoms with E-state index in [1.807, 2.05) is 34.9 Å². The van der Waals surface area contributed by atoms with Crippen LogP contribution in [0, 0.1) is 5.92 Å². The lowest BCUT2D eigenvalue weighted by Gasteiger charge is -2.36. The van der Waals surface area contributed by atoms with Gasteiger partial charge in [0.15, 0.2) is 5.78 Å². The molecule has 0 N–H and O–H groups in total. The van der Waals surface area contributed by atoms with E-state index < -0.39 is 0 Å². The normalized spacial score (nSPS) is 17.5. The number of hydrogen-bond donors (Lipinski definition) is 0. The van der Waals surface area contributed by atoms with E-state index in [2.05, 4.69) is 32.6 Å². The minimum atomic E-state index is 0.0468. The summed E-state index contributed by atoms with van der Waals surface area (Å²) in [4.78, 5) is 34.6. The molecule has 1 atom stereocenters. The van der Waals surface area contributed by atoms with Crippen LogP contribution >= 0.6 is 11.3 Å². The second-order valence-electron chi connectivity index (χ2n) is 9.59. The number of hydrogen-bond acceptors (Lipinski definition) is 5. The fourth-order valence-electron chi connectivity index (χ4n) is 4.66. The zero-order valence-electron chi connectivity index (χ0n) is 19.7. The van der Waals surface area contributed by atoms with Gasteiger partial charge in [0.05, 0.1) is 15.8 Å². The number of likely N-dealkylation sites (tertiary alicyclic amines) is 1. The molecule has 1 aliphatic heterocycles. The Balaban J connectivity index is 1.75. The number of Topliss-reactive ketones (excluding diaryl/α,β-unsaturated/α-hetero) is 1. The molecule has 0 unspecified atom stereocenters. The van der Waals surface area contributed by atoms with Crippen LogP contribution in [0.1, 0.15) is 68.9 Å². The molecular weight excluding hydrogens is 418 g/mol. The van der Waals surface area contributed by atoms with E-state index in [1.54, 1.807) is 6.92 Å². The first-order chi connectivity index (χ1) is 15.2. The number of rotatable bonds is 6. The second-order valence-corrected chi connectivity index (χ2v) is 10.7. The quantitative estimate of drug-likeness (QED) is 0.460. The first-order valence-electron chi connectivity index (χ1n) is 11.6. The van der Waals surface area contributed by atoms with Gasteiger partial charge >= 0.3 is 0 Å². The molecule has 1 saturated heterocycles. The largest absolute Gasteiger partial charge is 0.301 e. The minimum Gasteiger partial charge on any atom is -0.301 e. The summed E-state index contributed by atoms with van der Waals surface area (Å²) in [6.07, 6.45) is 2.32. The fourth-order valence-corrected chi connectivity index (χ4v) is 5.56. The molecule has 3 heterocycles. The average molecular weight is 452 g/mol. The van der Waals surface area contributed by atoms with E-state index in [9.17, 15) is 9.59 Å². The summed E-state index contributed by atoms with van der Waals surface area (Å²) in [6, 6.07) is 10.2. The number of thiophene rings is 1. The van der Waals surface area contributed by atoms with Gasteiger partial charge in [-0.3, -0.25) is 14.2 Å². The van der Waals surface area contributed by atoms with Gasteiger partial charge < -0.3 is 4.90 Å². The van der Waals surface area contributed by atoms with Crippen molar-refractivity contribution in [2.75, 3.05) is 13.1 Å². The molecule has 4 rings (SSSR count). The molecule has 6 heteroatoms. The highest BCUT2D eigenvalue weighted by molar-refractivity contribution is 7.17. The van der Waals surface area contributed by atoms with E-state index in [-0.39, 0.29) is 17.3 Å². The van der Waals surface area contributed by atoms with Gasteiger partial charge in [-0.1, -0.05) is 19.9 Å². The van der Waals surface area contributed by atoms with Crippen LogP contribution in [0.3, 0.4) is 0 Å². The van der Waals surface area contributed by atoms with Gasteiger partial charge in [0.25, 0.3) is 5.56 Å². The third-order valence-corrected chi connectivity index (χ3v) is 7.69. The number of carbonyl (C=O) groups excluding carboxylic acids is 1. The molecule has 32 heavy (non-hydrogen) atoms. The van der Waals surface area contributed by atoms with E-state index in [0.29, 0.717) is 17.3 Å². The van der Waals surface area contributed by atoms with Crippen LogP contribution in [0.4, 0.5) is 0 Å². The number of aromatic nitrogens is 2. The summed E-state index contributed by atoms with van der Waals surface area (Å²) in [7, 11) is 0. The van der Waals surface area contributed by atoms with Gasteiger partial charge in [-0.05, 0) is 75.9 Å². The highest BCUT2D eigenvalue weighted by atomic mass is 32.1. The van der Waals surface area contributed by atoms with Crippen molar-refractivity contribution in [2.45, 2.75) is 66.0 Å². The van der Waals surface area contributed by atoms with Gasteiger partial charge in [0.2, 0.25) is 0 Å². The molecule has 1 aliphatic rings. The predicted octanol–water partition coefficient (Wildman–Crippen LogP) is 5.57. The summed E-state index contributed by atoms with van der Waals surface area (Å²) in [6.45, 7) is 13.2. The molecule has 0 aliphatic carbocycles. The topological polar surface area (TPSA) is 55.2 Å². The molecule has 3 aromatic rings. The Morgan fingerprint density at radius 3 is 2.62 bits per heavy atom. The van der Waals surface area contributed by atoms with Crippen molar-refractivity contribution in [3.05, 3.63) is 51.4 Å². The van der Waals surface area contributed by atoms with Gasteiger partial charge in [0, 0.05) is 29.9 Å². The zero-order valence-corrected chi connectivity index (χ0v) is 20.5. The SMILES string of the molecule is CC(=O)c1ccc(-c2ccc3nc(C(C)C)n(C[C@H]4CCCN(C(C)C)C4)c(=O)c3c2)s1. The number of fused-ring (bicyclic) bond motifs is 1. The number of carbonyl (C=O) groups is 1. The second kappa shape index (κ2) is 9.28. The standard InChI is InChI=1S/C26H33N3O2S/c1-16(2)25-27-22-9-8-20(24-11-10-23(32-24)18(5)30)13-21(22)26(31)29(25)15-19-7-6-12-28(14-19)17(3)4/h8-11,13,16-17,19H,6-7,12,14-15H2,1-5H3/t19-/m0/s1. The maximum absolute atomic E-state index is 13.7. The number of ketones is 1. The highest BCUT2D eigenvalue weighted by Crippen LogP contribution is 2.30. The summed E-state index contributed by atoms with van der Waals surface area (Å²) in [5, 5.41) is 0.654. The van der Waals surface area contributed by atoms with E-state index in [4.69, 9.17) is 4.98 Å². The Morgan fingerprint density at radius 1 is 1.19 bits per heavy atom. The molecule has 170 valence electrons. The van der Waals surface area contributed by atoms with Crippen LogP contribution in [-0.4, -0.2) is 39.4 Å². The van der Waals surface area contributed by atoms with Crippen LogP contribution in [0.5, 0.6) is 0 Å². The van der Waals surface area contributed by atoms with Crippen LogP contribution < -0.4 is 5.56 Å². The summed E-state index contributed by atoms with van der Waals surface area (Å²) < 4.78 is 1.93. The molecule has 1 fully saturated rings. The van der Waals surface area contributed by atoms with E-state index in [1.165, 1.54) is 17.8 Å². The first-order valence-corrected chi connectivity index (χ1v) is 12.5. The van der Waals surface area contributed by atoms with Crippen molar-refractivity contribution >= 4 is 28.0 Å². The van der Waals surface area contributed by atoms with Crippen molar-refractivity contribution in [1.82, 2.24) is 14.5 Å². The zero-order chi connectivity index (χ0) is 23.0. The lowest BCUT2D eigenvalue weighted by molar-refractivity contribution is 0.102. The predicted molar refractivity (Wildman–Crippen MR) is 133 cm³/mol. The van der Waals surface area contributed by atoms with Crippen LogP contribution in [0.2, 0.25) is 0 Å². The maximum atomic E-state index is 13.7. The Hall–Kier alpha value is -2.31. The maximum Gasteiger partial charge on any atom is 0.261 e. The molecule has 0 spiro atoms. The van der Waals surface area contributed by atoms with Crippen molar-refractivity contribution in [3.63, 3.8) is 0 Å². The van der Waals surface area contributed by atoms with Gasteiger partial charge in [-0.15, -0.1) is 11.3 Å². The monoisotopic (exact) mass is 451 g/mol. The smallest absolute Gasteiger partial charge is 0.261 e. The Morgan fingerprint density at radius 2 is 1.97 bits per heavy atom. The molecule has 0 saturated carbocycles.